The second-order valence-electron chi connectivity index (χ2n) is 5.66. The summed E-state index contributed by atoms with van der Waals surface area (Å²) in [4.78, 5) is 24.0. The number of benzene rings is 2. The van der Waals surface area contributed by atoms with Gasteiger partial charge in [-0.05, 0) is 53.4 Å². The van der Waals surface area contributed by atoms with Crippen LogP contribution in [0.25, 0.3) is 0 Å². The second kappa shape index (κ2) is 9.23. The van der Waals surface area contributed by atoms with Crippen molar-refractivity contribution < 1.29 is 9.59 Å². The fraction of sp³-hybridized carbons (Fsp3) is 0.263. The molecule has 0 unspecified atom stereocenters. The third-order valence-electron chi connectivity index (χ3n) is 3.64. The van der Waals surface area contributed by atoms with Gasteiger partial charge in [-0.3, -0.25) is 9.59 Å². The highest BCUT2D eigenvalue weighted by molar-refractivity contribution is 9.10. The Morgan fingerprint density at radius 3 is 2.42 bits per heavy atom. The molecule has 0 aliphatic carbocycles. The Morgan fingerprint density at radius 2 is 1.71 bits per heavy atom. The Balaban J connectivity index is 1.72. The van der Waals surface area contributed by atoms with Gasteiger partial charge < -0.3 is 10.6 Å². The smallest absolute Gasteiger partial charge is 0.252 e. The summed E-state index contributed by atoms with van der Waals surface area (Å²) in [6.45, 7) is 1.94. The summed E-state index contributed by atoms with van der Waals surface area (Å²) in [5.74, 6) is -0.453. The molecule has 2 amide bonds. The van der Waals surface area contributed by atoms with E-state index in [9.17, 15) is 9.59 Å². The molecule has 2 aromatic rings. The molecule has 0 aromatic heterocycles. The van der Waals surface area contributed by atoms with Gasteiger partial charge in [0.25, 0.3) is 5.91 Å². The van der Waals surface area contributed by atoms with Gasteiger partial charge >= 0.3 is 0 Å². The van der Waals surface area contributed by atoms with Crippen molar-refractivity contribution in [3.05, 3.63) is 70.2 Å². The zero-order valence-corrected chi connectivity index (χ0v) is 15.2. The molecule has 2 aromatic carbocycles. The maximum absolute atomic E-state index is 12.0. The molecule has 0 bridgehead atoms. The van der Waals surface area contributed by atoms with Crippen LogP contribution >= 0.6 is 15.9 Å². The third kappa shape index (κ3) is 5.81. The van der Waals surface area contributed by atoms with Gasteiger partial charge in [0.05, 0.1) is 12.1 Å². The monoisotopic (exact) mass is 388 g/mol. The molecule has 2 rings (SSSR count). The van der Waals surface area contributed by atoms with E-state index >= 15 is 0 Å². The molecule has 126 valence electrons. The van der Waals surface area contributed by atoms with Crippen LogP contribution in [0.4, 0.5) is 0 Å². The van der Waals surface area contributed by atoms with E-state index in [0.717, 1.165) is 12.8 Å². The Kier molecular flexibility index (Phi) is 7.00. The SMILES string of the molecule is C[C@@H](CCc1ccccc1)NC(=O)CNC(=O)c1ccccc1Br. The number of hydrogen-bond acceptors (Lipinski definition) is 2. The van der Waals surface area contributed by atoms with Gasteiger partial charge in [-0.15, -0.1) is 0 Å². The van der Waals surface area contributed by atoms with Gasteiger partial charge in [-0.1, -0.05) is 42.5 Å². The average Bonchev–Trinajstić information content (AvgIpc) is 2.59. The van der Waals surface area contributed by atoms with Crippen molar-refractivity contribution in [2.75, 3.05) is 6.54 Å². The Labute approximate surface area is 150 Å². The topological polar surface area (TPSA) is 58.2 Å². The molecule has 24 heavy (non-hydrogen) atoms. The molecular formula is C19H21BrN2O2. The van der Waals surface area contributed by atoms with Crippen molar-refractivity contribution in [3.8, 4) is 0 Å². The quantitative estimate of drug-likeness (QED) is 0.764. The predicted octanol–water partition coefficient (Wildman–Crippen LogP) is 3.32. The molecule has 0 fully saturated rings. The second-order valence-corrected chi connectivity index (χ2v) is 6.51. The van der Waals surface area contributed by atoms with Gasteiger partial charge in [0.2, 0.25) is 5.91 Å². The zero-order chi connectivity index (χ0) is 17.4. The van der Waals surface area contributed by atoms with Gasteiger partial charge in [0.15, 0.2) is 0 Å². The number of carbonyl (C=O) groups excluding carboxylic acids is 2. The van der Waals surface area contributed by atoms with Crippen LogP contribution in [-0.4, -0.2) is 24.4 Å². The highest BCUT2D eigenvalue weighted by atomic mass is 79.9. The van der Waals surface area contributed by atoms with Crippen LogP contribution in [0.15, 0.2) is 59.1 Å². The minimum Gasteiger partial charge on any atom is -0.352 e. The average molecular weight is 389 g/mol. The Bertz CT molecular complexity index is 689. The number of rotatable bonds is 7. The molecule has 4 nitrogen and oxygen atoms in total. The lowest BCUT2D eigenvalue weighted by molar-refractivity contribution is -0.120. The largest absolute Gasteiger partial charge is 0.352 e. The molecule has 5 heteroatoms. The summed E-state index contributed by atoms with van der Waals surface area (Å²) in [5.41, 5.74) is 1.77. The van der Waals surface area contributed by atoms with E-state index in [1.807, 2.05) is 31.2 Å². The van der Waals surface area contributed by atoms with Crippen LogP contribution in [0.1, 0.15) is 29.3 Å². The van der Waals surface area contributed by atoms with E-state index in [1.54, 1.807) is 18.2 Å². The minimum atomic E-state index is -0.269. The standard InChI is InChI=1S/C19H21BrN2O2/c1-14(11-12-15-7-3-2-4-8-15)22-18(23)13-21-19(24)16-9-5-6-10-17(16)20/h2-10,14H,11-13H2,1H3,(H,21,24)(H,22,23)/t14-/m0/s1. The van der Waals surface area contributed by atoms with Crippen LogP contribution in [-0.2, 0) is 11.2 Å². The lowest BCUT2D eigenvalue weighted by atomic mass is 10.1. The number of carbonyl (C=O) groups is 2. The molecule has 0 aliphatic heterocycles. The van der Waals surface area contributed by atoms with Crippen LogP contribution in [0, 0.1) is 0 Å². The highest BCUT2D eigenvalue weighted by Gasteiger charge is 2.12. The van der Waals surface area contributed by atoms with Crippen LogP contribution in [0.3, 0.4) is 0 Å². The van der Waals surface area contributed by atoms with Gasteiger partial charge in [0.1, 0.15) is 0 Å². The summed E-state index contributed by atoms with van der Waals surface area (Å²) >= 11 is 3.33. The first kappa shape index (κ1) is 18.2. The van der Waals surface area contributed by atoms with Gasteiger partial charge in [0, 0.05) is 10.5 Å². The fourth-order valence-corrected chi connectivity index (χ4v) is 2.79. The highest BCUT2D eigenvalue weighted by Crippen LogP contribution is 2.15. The number of aryl methyl sites for hydroxylation is 1. The van der Waals surface area contributed by atoms with E-state index in [1.165, 1.54) is 5.56 Å². The molecule has 0 saturated carbocycles. The van der Waals surface area contributed by atoms with Crippen molar-refractivity contribution in [3.63, 3.8) is 0 Å². The lowest BCUT2D eigenvalue weighted by Crippen LogP contribution is -2.41. The zero-order valence-electron chi connectivity index (χ0n) is 13.6. The van der Waals surface area contributed by atoms with E-state index < -0.39 is 0 Å². The van der Waals surface area contributed by atoms with Gasteiger partial charge in [-0.2, -0.15) is 0 Å². The normalized spacial score (nSPS) is 11.6. The van der Waals surface area contributed by atoms with Crippen molar-refractivity contribution in [2.24, 2.45) is 0 Å². The fourth-order valence-electron chi connectivity index (χ4n) is 2.33. The first-order valence-electron chi connectivity index (χ1n) is 7.92. The number of halogens is 1. The lowest BCUT2D eigenvalue weighted by Gasteiger charge is -2.14. The number of nitrogens with one attached hydrogen (secondary N) is 2. The van der Waals surface area contributed by atoms with E-state index in [0.29, 0.717) is 10.0 Å². The van der Waals surface area contributed by atoms with Crippen LogP contribution in [0.2, 0.25) is 0 Å². The number of hydrogen-bond donors (Lipinski definition) is 2. The molecule has 0 radical (unpaired) electrons. The summed E-state index contributed by atoms with van der Waals surface area (Å²) in [7, 11) is 0. The van der Waals surface area contributed by atoms with E-state index in [4.69, 9.17) is 0 Å². The predicted molar refractivity (Wildman–Crippen MR) is 98.8 cm³/mol. The molecule has 2 N–H and O–H groups in total. The Morgan fingerprint density at radius 1 is 1.04 bits per heavy atom. The summed E-state index contributed by atoms with van der Waals surface area (Å²) in [6, 6.07) is 17.3. The van der Waals surface area contributed by atoms with Crippen molar-refractivity contribution in [1.29, 1.82) is 0 Å². The first-order chi connectivity index (χ1) is 11.6. The Hall–Kier alpha value is -2.14. The summed E-state index contributed by atoms with van der Waals surface area (Å²) < 4.78 is 0.708. The number of amides is 2. The summed E-state index contributed by atoms with van der Waals surface area (Å²) in [6.07, 6.45) is 1.76. The third-order valence-corrected chi connectivity index (χ3v) is 4.34. The van der Waals surface area contributed by atoms with E-state index in [-0.39, 0.29) is 24.4 Å². The molecule has 0 saturated heterocycles. The maximum Gasteiger partial charge on any atom is 0.252 e. The maximum atomic E-state index is 12.0. The molecule has 0 heterocycles. The summed E-state index contributed by atoms with van der Waals surface area (Å²) in [5, 5.41) is 5.54. The molecular weight excluding hydrogens is 368 g/mol. The van der Waals surface area contributed by atoms with E-state index in [2.05, 4.69) is 38.7 Å². The molecule has 0 spiro atoms. The minimum absolute atomic E-state index is 0.0319. The van der Waals surface area contributed by atoms with Gasteiger partial charge in [-0.25, -0.2) is 0 Å². The molecule has 0 aliphatic rings. The first-order valence-corrected chi connectivity index (χ1v) is 8.71. The van der Waals surface area contributed by atoms with Crippen LogP contribution in [0.5, 0.6) is 0 Å². The van der Waals surface area contributed by atoms with Crippen molar-refractivity contribution in [2.45, 2.75) is 25.8 Å². The molecule has 1 atom stereocenters. The van der Waals surface area contributed by atoms with Crippen molar-refractivity contribution >= 4 is 27.7 Å². The van der Waals surface area contributed by atoms with Crippen molar-refractivity contribution in [1.82, 2.24) is 10.6 Å². The van der Waals surface area contributed by atoms with Crippen LogP contribution < -0.4 is 10.6 Å².